The Morgan fingerprint density at radius 1 is 1.43 bits per heavy atom. The number of H-pyrrole nitrogens is 1. The second-order valence-electron chi connectivity index (χ2n) is 4.85. The van der Waals surface area contributed by atoms with Gasteiger partial charge in [0, 0.05) is 30.9 Å². The van der Waals surface area contributed by atoms with Gasteiger partial charge in [-0.15, -0.1) is 0 Å². The van der Waals surface area contributed by atoms with Gasteiger partial charge in [-0.3, -0.25) is 4.79 Å². The largest absolute Gasteiger partial charge is 0.493 e. The number of fused-ring (bicyclic) bond motifs is 1. The number of amides is 1. The van der Waals surface area contributed by atoms with E-state index in [1.54, 1.807) is 24.5 Å². The van der Waals surface area contributed by atoms with Crippen LogP contribution in [0.4, 0.5) is 11.8 Å². The van der Waals surface area contributed by atoms with Crippen molar-refractivity contribution < 1.29 is 9.53 Å². The van der Waals surface area contributed by atoms with Crippen LogP contribution in [0.3, 0.4) is 0 Å². The van der Waals surface area contributed by atoms with E-state index in [1.807, 2.05) is 6.92 Å². The Morgan fingerprint density at radius 3 is 2.96 bits per heavy atom. The van der Waals surface area contributed by atoms with E-state index in [9.17, 15) is 4.79 Å². The van der Waals surface area contributed by atoms with Gasteiger partial charge in [0.2, 0.25) is 11.9 Å². The molecule has 3 aromatic heterocycles. The lowest BCUT2D eigenvalue weighted by molar-refractivity contribution is -0.114. The normalized spacial score (nSPS) is 10.7. The quantitative estimate of drug-likeness (QED) is 0.677. The molecule has 0 aliphatic carbocycles. The molecule has 23 heavy (non-hydrogen) atoms. The fourth-order valence-corrected chi connectivity index (χ4v) is 2.34. The summed E-state index contributed by atoms with van der Waals surface area (Å²) in [5, 5.41) is 3.44. The van der Waals surface area contributed by atoms with Crippen LogP contribution in [0.5, 0.6) is 5.75 Å². The molecule has 118 valence electrons. The highest BCUT2D eigenvalue weighted by Crippen LogP contribution is 2.35. The van der Waals surface area contributed by atoms with Crippen LogP contribution in [-0.2, 0) is 4.79 Å². The van der Waals surface area contributed by atoms with E-state index >= 15 is 0 Å². The first-order valence-electron chi connectivity index (χ1n) is 7.10. The molecule has 3 heterocycles. The molecule has 0 aliphatic rings. The molecular weight excluding hydrogens is 296 g/mol. The van der Waals surface area contributed by atoms with Gasteiger partial charge in [-0.25, -0.2) is 15.0 Å². The third kappa shape index (κ3) is 2.91. The predicted molar refractivity (Wildman–Crippen MR) is 87.0 cm³/mol. The Morgan fingerprint density at radius 2 is 2.26 bits per heavy atom. The van der Waals surface area contributed by atoms with Crippen LogP contribution in [0.15, 0.2) is 24.5 Å². The number of anilines is 2. The number of rotatable bonds is 4. The number of aromatic nitrogens is 4. The maximum Gasteiger partial charge on any atom is 0.222 e. The third-order valence-corrected chi connectivity index (χ3v) is 3.16. The third-order valence-electron chi connectivity index (χ3n) is 3.16. The van der Waals surface area contributed by atoms with Gasteiger partial charge in [-0.05, 0) is 13.0 Å². The zero-order valence-corrected chi connectivity index (χ0v) is 12.8. The number of carbonyl (C=O) groups excluding carboxylic acids is 1. The molecule has 8 nitrogen and oxygen atoms in total. The fraction of sp³-hybridized carbons (Fsp3) is 0.200. The van der Waals surface area contributed by atoms with Crippen LogP contribution in [0, 0.1) is 0 Å². The zero-order valence-electron chi connectivity index (χ0n) is 12.8. The zero-order chi connectivity index (χ0) is 16.4. The van der Waals surface area contributed by atoms with Crippen molar-refractivity contribution in [2.45, 2.75) is 13.8 Å². The molecular formula is C15H16N6O2. The molecule has 4 N–H and O–H groups in total. The number of nitrogen functional groups attached to an aromatic ring is 1. The van der Waals surface area contributed by atoms with E-state index in [1.165, 1.54) is 6.92 Å². The van der Waals surface area contributed by atoms with E-state index in [4.69, 9.17) is 10.5 Å². The van der Waals surface area contributed by atoms with E-state index in [2.05, 4.69) is 25.3 Å². The van der Waals surface area contributed by atoms with Crippen LogP contribution in [0.25, 0.3) is 22.3 Å². The molecule has 0 saturated heterocycles. The fourth-order valence-electron chi connectivity index (χ4n) is 2.34. The van der Waals surface area contributed by atoms with Crippen molar-refractivity contribution in [3.8, 4) is 17.0 Å². The molecule has 1 amide bonds. The molecule has 0 atom stereocenters. The van der Waals surface area contributed by atoms with Crippen molar-refractivity contribution in [2.75, 3.05) is 17.7 Å². The number of pyridine rings is 1. The summed E-state index contributed by atoms with van der Waals surface area (Å²) < 4.78 is 5.71. The van der Waals surface area contributed by atoms with Crippen molar-refractivity contribution in [1.29, 1.82) is 0 Å². The van der Waals surface area contributed by atoms with Crippen LogP contribution in [0.1, 0.15) is 13.8 Å². The smallest absolute Gasteiger partial charge is 0.222 e. The average Bonchev–Trinajstić information content (AvgIpc) is 2.91. The van der Waals surface area contributed by atoms with Gasteiger partial charge in [0.25, 0.3) is 0 Å². The molecule has 0 aliphatic heterocycles. The summed E-state index contributed by atoms with van der Waals surface area (Å²) >= 11 is 0. The number of aromatic amines is 1. The van der Waals surface area contributed by atoms with Crippen LogP contribution < -0.4 is 15.8 Å². The van der Waals surface area contributed by atoms with Crippen LogP contribution >= 0.6 is 0 Å². The van der Waals surface area contributed by atoms with Crippen molar-refractivity contribution >= 4 is 28.7 Å². The van der Waals surface area contributed by atoms with Gasteiger partial charge >= 0.3 is 0 Å². The number of nitrogens with zero attached hydrogens (tertiary/aromatic N) is 3. The van der Waals surface area contributed by atoms with Crippen LogP contribution in [0.2, 0.25) is 0 Å². The van der Waals surface area contributed by atoms with Gasteiger partial charge in [0.1, 0.15) is 17.2 Å². The van der Waals surface area contributed by atoms with Crippen LogP contribution in [-0.4, -0.2) is 32.4 Å². The van der Waals surface area contributed by atoms with Gasteiger partial charge in [-0.1, -0.05) is 0 Å². The van der Waals surface area contributed by atoms with Gasteiger partial charge in [-0.2, -0.15) is 0 Å². The first-order valence-corrected chi connectivity index (χ1v) is 7.10. The summed E-state index contributed by atoms with van der Waals surface area (Å²) in [6.07, 6.45) is 3.37. The topological polar surface area (TPSA) is 119 Å². The SMILES string of the molecule is CCOc1cc(NC(C)=O)nc2[nH]cc(-c3ccnc(N)n3)c12. The lowest BCUT2D eigenvalue weighted by Gasteiger charge is -2.09. The Labute approximate surface area is 132 Å². The monoisotopic (exact) mass is 312 g/mol. The Bertz CT molecular complexity index is 874. The number of ether oxygens (including phenoxy) is 1. The Balaban J connectivity index is 2.19. The second kappa shape index (κ2) is 5.91. The van der Waals surface area contributed by atoms with Crippen molar-refractivity contribution in [3.63, 3.8) is 0 Å². The summed E-state index contributed by atoms with van der Waals surface area (Å²) in [7, 11) is 0. The van der Waals surface area contributed by atoms with Gasteiger partial charge in [0.15, 0.2) is 0 Å². The summed E-state index contributed by atoms with van der Waals surface area (Å²) in [4.78, 5) is 26.8. The number of hydrogen-bond donors (Lipinski definition) is 3. The Hall–Kier alpha value is -3.16. The molecule has 0 radical (unpaired) electrons. The van der Waals surface area contributed by atoms with Gasteiger partial charge < -0.3 is 20.8 Å². The maximum absolute atomic E-state index is 11.2. The minimum absolute atomic E-state index is 0.192. The summed E-state index contributed by atoms with van der Waals surface area (Å²) in [5.41, 5.74) is 7.72. The number of carbonyl (C=O) groups is 1. The minimum Gasteiger partial charge on any atom is -0.493 e. The van der Waals surface area contributed by atoms with E-state index in [-0.39, 0.29) is 11.9 Å². The molecule has 8 heteroatoms. The van der Waals surface area contributed by atoms with E-state index in [0.717, 1.165) is 10.9 Å². The van der Waals surface area contributed by atoms with E-state index < -0.39 is 0 Å². The number of hydrogen-bond acceptors (Lipinski definition) is 6. The summed E-state index contributed by atoms with van der Waals surface area (Å²) in [5.74, 6) is 1.02. The maximum atomic E-state index is 11.2. The summed E-state index contributed by atoms with van der Waals surface area (Å²) in [6.45, 7) is 3.80. The Kier molecular flexibility index (Phi) is 3.80. The standard InChI is InChI=1S/C15H16N6O2/c1-3-23-11-6-12(19-8(2)22)21-14-13(11)9(7-18-14)10-4-5-17-15(16)20-10/h4-7H,3H2,1-2H3,(H2,16,17,20)(H2,18,19,21,22). The average molecular weight is 312 g/mol. The molecule has 0 spiro atoms. The van der Waals surface area contributed by atoms with Crippen molar-refractivity contribution in [1.82, 2.24) is 19.9 Å². The molecule has 0 unspecified atom stereocenters. The number of nitrogens with one attached hydrogen (secondary N) is 2. The lowest BCUT2D eigenvalue weighted by Crippen LogP contribution is -2.08. The van der Waals surface area contributed by atoms with Crippen molar-refractivity contribution in [2.24, 2.45) is 0 Å². The highest BCUT2D eigenvalue weighted by atomic mass is 16.5. The highest BCUT2D eigenvalue weighted by molar-refractivity contribution is 5.99. The molecule has 0 bridgehead atoms. The molecule has 3 rings (SSSR count). The first kappa shape index (κ1) is 14.8. The first-order chi connectivity index (χ1) is 11.1. The van der Waals surface area contributed by atoms with Gasteiger partial charge in [0.05, 0.1) is 17.7 Å². The molecule has 3 aromatic rings. The highest BCUT2D eigenvalue weighted by Gasteiger charge is 2.16. The molecule has 0 saturated carbocycles. The van der Waals surface area contributed by atoms with E-state index in [0.29, 0.717) is 29.5 Å². The molecule has 0 fully saturated rings. The second-order valence-corrected chi connectivity index (χ2v) is 4.85. The predicted octanol–water partition coefficient (Wildman–Crippen LogP) is 1.96. The summed E-state index contributed by atoms with van der Waals surface area (Å²) in [6, 6.07) is 3.45. The minimum atomic E-state index is -0.199. The number of nitrogens with two attached hydrogens (primary N) is 1. The lowest BCUT2D eigenvalue weighted by atomic mass is 10.1. The van der Waals surface area contributed by atoms with Crippen molar-refractivity contribution in [3.05, 3.63) is 24.5 Å². The molecule has 0 aromatic carbocycles.